The molecule has 25 heavy (non-hydrogen) atoms. The molecule has 1 aliphatic heterocycles. The van der Waals surface area contributed by atoms with Crippen LogP contribution in [-0.4, -0.2) is 47.7 Å². The molecule has 1 amide bonds. The highest BCUT2D eigenvalue weighted by Gasteiger charge is 2.45. The van der Waals surface area contributed by atoms with Gasteiger partial charge in [-0.3, -0.25) is 4.90 Å². The fourth-order valence-electron chi connectivity index (χ4n) is 3.77. The molecule has 0 radical (unpaired) electrons. The van der Waals surface area contributed by atoms with Gasteiger partial charge in [-0.25, -0.2) is 4.79 Å². The summed E-state index contributed by atoms with van der Waals surface area (Å²) in [7, 11) is 0. The van der Waals surface area contributed by atoms with Crippen LogP contribution in [0.3, 0.4) is 0 Å². The Bertz CT molecular complexity index is 443. The van der Waals surface area contributed by atoms with Crippen LogP contribution in [-0.2, 0) is 14.2 Å². The minimum Gasteiger partial charge on any atom is -0.444 e. The zero-order valence-corrected chi connectivity index (χ0v) is 17.0. The largest absolute Gasteiger partial charge is 0.444 e. The molecule has 0 N–H and O–H groups in total. The van der Waals surface area contributed by atoms with Gasteiger partial charge in [0, 0.05) is 6.61 Å². The lowest BCUT2D eigenvalue weighted by atomic mass is 10.0. The number of hydrogen-bond acceptors (Lipinski definition) is 4. The second-order valence-electron chi connectivity index (χ2n) is 9.16. The maximum atomic E-state index is 12.6. The molecule has 0 aromatic rings. The van der Waals surface area contributed by atoms with E-state index in [0.29, 0.717) is 19.3 Å². The van der Waals surface area contributed by atoms with Crippen molar-refractivity contribution < 1.29 is 19.0 Å². The fraction of sp³-hybridized carbons (Fsp3) is 0.950. The van der Waals surface area contributed by atoms with Gasteiger partial charge in [-0.05, 0) is 66.2 Å². The SMILES string of the molecule is CC1CCCC(OCCC2COC(C)(C)N2C(=O)OC(C)(C)C)CC1. The lowest BCUT2D eigenvalue weighted by molar-refractivity contribution is -0.0638. The molecule has 2 rings (SSSR count). The minimum absolute atomic E-state index is 0.00884. The van der Waals surface area contributed by atoms with E-state index in [2.05, 4.69) is 6.92 Å². The van der Waals surface area contributed by atoms with Crippen molar-refractivity contribution >= 4 is 6.09 Å². The van der Waals surface area contributed by atoms with E-state index in [-0.39, 0.29) is 12.1 Å². The zero-order valence-electron chi connectivity index (χ0n) is 17.0. The third-order valence-corrected chi connectivity index (χ3v) is 5.17. The molecule has 5 nitrogen and oxygen atoms in total. The summed E-state index contributed by atoms with van der Waals surface area (Å²) in [6, 6.07) is 0.00884. The van der Waals surface area contributed by atoms with E-state index in [1.165, 1.54) is 19.3 Å². The molecule has 0 aromatic heterocycles. The van der Waals surface area contributed by atoms with Crippen LogP contribution >= 0.6 is 0 Å². The van der Waals surface area contributed by atoms with Crippen LogP contribution in [0.15, 0.2) is 0 Å². The summed E-state index contributed by atoms with van der Waals surface area (Å²) in [5, 5.41) is 0. The molecule has 1 heterocycles. The molecule has 0 aromatic carbocycles. The van der Waals surface area contributed by atoms with Crippen molar-refractivity contribution in [3.8, 4) is 0 Å². The van der Waals surface area contributed by atoms with E-state index in [4.69, 9.17) is 14.2 Å². The molecular weight excluding hydrogens is 318 g/mol. The predicted octanol–water partition coefficient (Wildman–Crippen LogP) is 4.73. The van der Waals surface area contributed by atoms with E-state index < -0.39 is 11.3 Å². The Morgan fingerprint density at radius 2 is 1.92 bits per heavy atom. The van der Waals surface area contributed by atoms with Crippen LogP contribution in [0.5, 0.6) is 0 Å². The summed E-state index contributed by atoms with van der Waals surface area (Å²) < 4.78 is 17.6. The van der Waals surface area contributed by atoms with E-state index in [1.807, 2.05) is 34.6 Å². The molecule has 1 saturated carbocycles. The van der Waals surface area contributed by atoms with Crippen molar-refractivity contribution in [1.82, 2.24) is 4.90 Å². The molecule has 3 atom stereocenters. The highest BCUT2D eigenvalue weighted by molar-refractivity contribution is 5.69. The second-order valence-corrected chi connectivity index (χ2v) is 9.16. The van der Waals surface area contributed by atoms with Crippen molar-refractivity contribution in [3.05, 3.63) is 0 Å². The lowest BCUT2D eigenvalue weighted by Gasteiger charge is -2.35. The average Bonchev–Trinajstić information content (AvgIpc) is 2.63. The van der Waals surface area contributed by atoms with Gasteiger partial charge < -0.3 is 14.2 Å². The van der Waals surface area contributed by atoms with Gasteiger partial charge in [-0.2, -0.15) is 0 Å². The van der Waals surface area contributed by atoms with Crippen LogP contribution < -0.4 is 0 Å². The Hall–Kier alpha value is -0.810. The highest BCUT2D eigenvalue weighted by atomic mass is 16.6. The van der Waals surface area contributed by atoms with Crippen molar-refractivity contribution in [3.63, 3.8) is 0 Å². The molecule has 5 heteroatoms. The summed E-state index contributed by atoms with van der Waals surface area (Å²) in [5.74, 6) is 0.820. The van der Waals surface area contributed by atoms with E-state index >= 15 is 0 Å². The van der Waals surface area contributed by atoms with Crippen molar-refractivity contribution in [2.24, 2.45) is 5.92 Å². The van der Waals surface area contributed by atoms with Gasteiger partial charge in [0.05, 0.1) is 18.8 Å². The van der Waals surface area contributed by atoms with Crippen LogP contribution in [0.1, 0.15) is 80.1 Å². The maximum Gasteiger partial charge on any atom is 0.412 e. The Balaban J connectivity index is 1.86. The number of rotatable bonds is 4. The maximum absolute atomic E-state index is 12.6. The van der Waals surface area contributed by atoms with Gasteiger partial charge in [-0.15, -0.1) is 0 Å². The Kier molecular flexibility index (Phi) is 6.77. The number of carbonyl (C=O) groups excluding carboxylic acids is 1. The molecule has 1 aliphatic carbocycles. The number of ether oxygens (including phenoxy) is 3. The van der Waals surface area contributed by atoms with Crippen molar-refractivity contribution in [2.45, 2.75) is 104 Å². The Morgan fingerprint density at radius 1 is 1.20 bits per heavy atom. The molecule has 3 unspecified atom stereocenters. The van der Waals surface area contributed by atoms with Gasteiger partial charge in [-0.1, -0.05) is 19.8 Å². The van der Waals surface area contributed by atoms with E-state index in [1.54, 1.807) is 4.90 Å². The van der Waals surface area contributed by atoms with Gasteiger partial charge in [0.1, 0.15) is 11.3 Å². The first-order valence-electron chi connectivity index (χ1n) is 9.86. The molecular formula is C20H37NO4. The van der Waals surface area contributed by atoms with Crippen molar-refractivity contribution in [2.75, 3.05) is 13.2 Å². The normalized spacial score (nSPS) is 30.2. The number of nitrogens with zero attached hydrogens (tertiary/aromatic N) is 1. The quantitative estimate of drug-likeness (QED) is 0.684. The van der Waals surface area contributed by atoms with Gasteiger partial charge in [0.2, 0.25) is 0 Å². The molecule has 0 bridgehead atoms. The van der Waals surface area contributed by atoms with Crippen LogP contribution in [0.25, 0.3) is 0 Å². The van der Waals surface area contributed by atoms with Crippen LogP contribution in [0, 0.1) is 5.92 Å². The topological polar surface area (TPSA) is 48.0 Å². The summed E-state index contributed by atoms with van der Waals surface area (Å²) in [6.07, 6.45) is 7.00. The fourth-order valence-corrected chi connectivity index (χ4v) is 3.77. The number of amides is 1. The van der Waals surface area contributed by atoms with Crippen LogP contribution in [0.2, 0.25) is 0 Å². The lowest BCUT2D eigenvalue weighted by Crippen LogP contribution is -2.50. The predicted molar refractivity (Wildman–Crippen MR) is 98.5 cm³/mol. The van der Waals surface area contributed by atoms with E-state index in [0.717, 1.165) is 25.2 Å². The smallest absolute Gasteiger partial charge is 0.412 e. The number of hydrogen-bond donors (Lipinski definition) is 0. The summed E-state index contributed by atoms with van der Waals surface area (Å²) >= 11 is 0. The molecule has 0 spiro atoms. The second kappa shape index (κ2) is 8.26. The van der Waals surface area contributed by atoms with E-state index in [9.17, 15) is 4.79 Å². The third kappa shape index (κ3) is 6.14. The van der Waals surface area contributed by atoms with Crippen LogP contribution in [0.4, 0.5) is 4.79 Å². The van der Waals surface area contributed by atoms with Gasteiger partial charge in [0.25, 0.3) is 0 Å². The monoisotopic (exact) mass is 355 g/mol. The van der Waals surface area contributed by atoms with Crippen molar-refractivity contribution in [1.29, 1.82) is 0 Å². The standard InChI is InChI=1S/C20H37NO4/c1-15-8-7-9-17(11-10-15)23-13-12-16-14-24-20(5,6)21(16)18(22)25-19(2,3)4/h15-17H,7-14H2,1-6H3. The average molecular weight is 356 g/mol. The molecule has 2 aliphatic rings. The molecule has 1 saturated heterocycles. The zero-order chi connectivity index (χ0) is 18.7. The van der Waals surface area contributed by atoms with Gasteiger partial charge >= 0.3 is 6.09 Å². The third-order valence-electron chi connectivity index (χ3n) is 5.17. The van der Waals surface area contributed by atoms with Gasteiger partial charge in [0.15, 0.2) is 0 Å². The summed E-state index contributed by atoms with van der Waals surface area (Å²) in [4.78, 5) is 14.4. The first-order valence-corrected chi connectivity index (χ1v) is 9.86. The highest BCUT2D eigenvalue weighted by Crippen LogP contribution is 2.31. The Morgan fingerprint density at radius 3 is 2.60 bits per heavy atom. The first kappa shape index (κ1) is 20.5. The molecule has 2 fully saturated rings. The summed E-state index contributed by atoms with van der Waals surface area (Å²) in [6.45, 7) is 13.0. The molecule has 146 valence electrons. The summed E-state index contributed by atoms with van der Waals surface area (Å²) in [5.41, 5.74) is -1.14. The Labute approximate surface area is 153 Å². The first-order chi connectivity index (χ1) is 11.6. The minimum atomic E-state index is -0.634. The number of carbonyl (C=O) groups is 1.